The number of rotatable bonds is 4. The van der Waals surface area contributed by atoms with Crippen molar-refractivity contribution in [2.45, 2.75) is 44.7 Å². The van der Waals surface area contributed by atoms with Crippen molar-refractivity contribution in [1.29, 1.82) is 0 Å². The Morgan fingerprint density at radius 2 is 2.00 bits per heavy atom. The van der Waals surface area contributed by atoms with Gasteiger partial charge in [0.1, 0.15) is 0 Å². The summed E-state index contributed by atoms with van der Waals surface area (Å²) in [4.78, 5) is 14.8. The van der Waals surface area contributed by atoms with E-state index in [0.29, 0.717) is 18.4 Å². The fourth-order valence-electron chi connectivity index (χ4n) is 4.46. The van der Waals surface area contributed by atoms with Gasteiger partial charge >= 0.3 is 0 Å². The van der Waals surface area contributed by atoms with Gasteiger partial charge in [-0.25, -0.2) is 0 Å². The highest BCUT2D eigenvalue weighted by Crippen LogP contribution is 2.47. The highest BCUT2D eigenvalue weighted by Gasteiger charge is 2.48. The maximum absolute atomic E-state index is 12.4. The number of nitrogens with one attached hydrogen (secondary N) is 1. The van der Waals surface area contributed by atoms with E-state index in [4.69, 9.17) is 10.5 Å². The third-order valence-corrected chi connectivity index (χ3v) is 5.78. The third kappa shape index (κ3) is 4.31. The third-order valence-electron chi connectivity index (χ3n) is 5.78. The summed E-state index contributed by atoms with van der Waals surface area (Å²) in [5.74, 6) is 1.36. The Hall–Kier alpha value is -0.0700. The van der Waals surface area contributed by atoms with E-state index >= 15 is 0 Å². The minimum atomic E-state index is 0. The van der Waals surface area contributed by atoms with Crippen LogP contribution in [-0.2, 0) is 9.53 Å². The van der Waals surface area contributed by atoms with E-state index < -0.39 is 0 Å². The minimum absolute atomic E-state index is 0. The Bertz CT molecular complexity index is 407. The zero-order chi connectivity index (χ0) is 15.0. The first kappa shape index (κ1) is 21.0. The molecular weight excluding hydrogens is 337 g/mol. The lowest BCUT2D eigenvalue weighted by molar-refractivity contribution is -0.127. The van der Waals surface area contributed by atoms with Crippen LogP contribution in [0.25, 0.3) is 0 Å². The first-order valence-corrected chi connectivity index (χ1v) is 8.35. The lowest BCUT2D eigenvalue weighted by Crippen LogP contribution is -2.55. The van der Waals surface area contributed by atoms with E-state index in [0.717, 1.165) is 32.7 Å². The zero-order valence-electron chi connectivity index (χ0n) is 14.1. The molecule has 2 aliphatic carbocycles. The number of nitrogens with zero attached hydrogens (tertiary/aromatic N) is 1. The smallest absolute Gasteiger partial charge is 0.225 e. The van der Waals surface area contributed by atoms with Crippen molar-refractivity contribution >= 4 is 30.7 Å². The van der Waals surface area contributed by atoms with Gasteiger partial charge in [0.25, 0.3) is 0 Å². The quantitative estimate of drug-likeness (QED) is 0.788. The largest absolute Gasteiger partial charge is 0.378 e. The Labute approximate surface area is 151 Å². The molecule has 2 saturated carbocycles. The van der Waals surface area contributed by atoms with Crippen LogP contribution in [0.2, 0.25) is 0 Å². The fraction of sp³-hybridized carbons (Fsp3) is 0.938. The molecule has 0 aromatic heterocycles. The van der Waals surface area contributed by atoms with E-state index in [9.17, 15) is 4.79 Å². The second-order valence-electron chi connectivity index (χ2n) is 7.58. The van der Waals surface area contributed by atoms with E-state index in [-0.39, 0.29) is 48.2 Å². The summed E-state index contributed by atoms with van der Waals surface area (Å²) in [7, 11) is 0. The summed E-state index contributed by atoms with van der Waals surface area (Å²) in [6, 6.07) is 0.0866. The summed E-state index contributed by atoms with van der Waals surface area (Å²) in [6.07, 6.45) is 3.57. The number of halogens is 2. The van der Waals surface area contributed by atoms with Gasteiger partial charge in [0, 0.05) is 31.2 Å². The molecule has 3 N–H and O–H groups in total. The molecule has 2 bridgehead atoms. The van der Waals surface area contributed by atoms with Crippen molar-refractivity contribution in [3.8, 4) is 0 Å². The van der Waals surface area contributed by atoms with Crippen LogP contribution in [-0.4, -0.2) is 55.2 Å². The maximum atomic E-state index is 12.4. The molecule has 3 fully saturated rings. The number of ether oxygens (including phenoxy) is 1. The summed E-state index contributed by atoms with van der Waals surface area (Å²) in [5, 5.41) is 3.12. The molecule has 4 atom stereocenters. The second-order valence-corrected chi connectivity index (χ2v) is 7.58. The molecule has 4 unspecified atom stereocenters. The molecule has 1 amide bonds. The first-order valence-electron chi connectivity index (χ1n) is 8.35. The van der Waals surface area contributed by atoms with Gasteiger partial charge in [-0.05, 0) is 44.9 Å². The monoisotopic (exact) mass is 367 g/mol. The molecule has 1 aliphatic heterocycles. The molecule has 23 heavy (non-hydrogen) atoms. The molecule has 0 aromatic carbocycles. The Balaban J connectivity index is 0.00000132. The standard InChI is InChI=1S/C16H29N3O2.2ClH/c1-16(2)10-21-8-7-19(16)6-5-18-15(20)13-11-3-4-12(9-11)14(13)17;;/h11-14H,3-10,17H2,1-2H3,(H,18,20);2*1H. The molecule has 0 radical (unpaired) electrons. The molecule has 7 heteroatoms. The van der Waals surface area contributed by atoms with Crippen LogP contribution >= 0.6 is 24.8 Å². The molecule has 3 aliphatic rings. The molecule has 136 valence electrons. The van der Waals surface area contributed by atoms with Crippen molar-refractivity contribution < 1.29 is 9.53 Å². The van der Waals surface area contributed by atoms with Gasteiger partial charge < -0.3 is 15.8 Å². The first-order chi connectivity index (χ1) is 9.99. The number of nitrogens with two attached hydrogens (primary N) is 1. The van der Waals surface area contributed by atoms with E-state index in [1.165, 1.54) is 12.8 Å². The van der Waals surface area contributed by atoms with Crippen LogP contribution in [0, 0.1) is 17.8 Å². The molecule has 3 rings (SSSR count). The van der Waals surface area contributed by atoms with Gasteiger partial charge in [-0.15, -0.1) is 24.8 Å². The molecule has 5 nitrogen and oxygen atoms in total. The lowest BCUT2D eigenvalue weighted by Gasteiger charge is -2.42. The average molecular weight is 368 g/mol. The van der Waals surface area contributed by atoms with Crippen molar-refractivity contribution in [1.82, 2.24) is 10.2 Å². The highest BCUT2D eigenvalue weighted by atomic mass is 35.5. The van der Waals surface area contributed by atoms with Crippen LogP contribution in [0.15, 0.2) is 0 Å². The lowest BCUT2D eigenvalue weighted by atomic mass is 9.84. The van der Waals surface area contributed by atoms with Crippen molar-refractivity contribution in [2.75, 3.05) is 32.8 Å². The summed E-state index contributed by atoms with van der Waals surface area (Å²) >= 11 is 0. The predicted molar refractivity (Wildman–Crippen MR) is 96.3 cm³/mol. The zero-order valence-corrected chi connectivity index (χ0v) is 15.8. The van der Waals surface area contributed by atoms with Crippen molar-refractivity contribution in [3.63, 3.8) is 0 Å². The van der Waals surface area contributed by atoms with Gasteiger partial charge in [0.2, 0.25) is 5.91 Å². The minimum Gasteiger partial charge on any atom is -0.378 e. The van der Waals surface area contributed by atoms with E-state index in [1.807, 2.05) is 0 Å². The predicted octanol–water partition coefficient (Wildman–Crippen LogP) is 1.43. The van der Waals surface area contributed by atoms with Crippen LogP contribution in [0.3, 0.4) is 0 Å². The van der Waals surface area contributed by atoms with Gasteiger partial charge in [-0.1, -0.05) is 0 Å². The van der Waals surface area contributed by atoms with Crippen LogP contribution in [0.1, 0.15) is 33.1 Å². The van der Waals surface area contributed by atoms with E-state index in [1.54, 1.807) is 0 Å². The Morgan fingerprint density at radius 3 is 2.61 bits per heavy atom. The van der Waals surface area contributed by atoms with Crippen molar-refractivity contribution in [2.24, 2.45) is 23.5 Å². The number of amides is 1. The number of carbonyl (C=O) groups excluding carboxylic acids is 1. The van der Waals surface area contributed by atoms with Crippen molar-refractivity contribution in [3.05, 3.63) is 0 Å². The summed E-state index contributed by atoms with van der Waals surface area (Å²) in [5.41, 5.74) is 6.30. The van der Waals surface area contributed by atoms with Gasteiger partial charge in [0.15, 0.2) is 0 Å². The Kier molecular flexibility index (Phi) is 7.61. The van der Waals surface area contributed by atoms with Gasteiger partial charge in [0.05, 0.1) is 19.1 Å². The summed E-state index contributed by atoms with van der Waals surface area (Å²) in [6.45, 7) is 8.48. The molecular formula is C16H31Cl2N3O2. The Morgan fingerprint density at radius 1 is 1.30 bits per heavy atom. The number of carbonyl (C=O) groups is 1. The average Bonchev–Trinajstić information content (AvgIpc) is 3.01. The molecule has 0 spiro atoms. The maximum Gasteiger partial charge on any atom is 0.225 e. The summed E-state index contributed by atoms with van der Waals surface area (Å²) < 4.78 is 5.53. The number of hydrogen-bond donors (Lipinski definition) is 2. The normalized spacial score (nSPS) is 35.3. The fourth-order valence-corrected chi connectivity index (χ4v) is 4.46. The van der Waals surface area contributed by atoms with Gasteiger partial charge in [-0.3, -0.25) is 9.69 Å². The molecule has 1 saturated heterocycles. The number of morpholine rings is 1. The SMILES string of the molecule is CC1(C)COCCN1CCNC(=O)C1C2CCC(C2)C1N.Cl.Cl. The van der Waals surface area contributed by atoms with Gasteiger partial charge in [-0.2, -0.15) is 0 Å². The number of hydrogen-bond acceptors (Lipinski definition) is 4. The molecule has 1 heterocycles. The van der Waals surface area contributed by atoms with Crippen LogP contribution in [0.4, 0.5) is 0 Å². The van der Waals surface area contributed by atoms with E-state index in [2.05, 4.69) is 24.1 Å². The second kappa shape index (κ2) is 8.34. The highest BCUT2D eigenvalue weighted by molar-refractivity contribution is 5.85. The topological polar surface area (TPSA) is 67.6 Å². The van der Waals surface area contributed by atoms with Crippen LogP contribution in [0.5, 0.6) is 0 Å². The van der Waals surface area contributed by atoms with Crippen LogP contribution < -0.4 is 11.1 Å². The number of fused-ring (bicyclic) bond motifs is 2. The molecule has 0 aromatic rings.